The Hall–Kier alpha value is -0.620. The van der Waals surface area contributed by atoms with Crippen LogP contribution in [0.15, 0.2) is 0 Å². The van der Waals surface area contributed by atoms with Gasteiger partial charge >= 0.3 is 0 Å². The van der Waals surface area contributed by atoms with Crippen LogP contribution in [0.1, 0.15) is 57.5 Å². The van der Waals surface area contributed by atoms with Gasteiger partial charge in [0.15, 0.2) is 5.15 Å². The molecule has 2 aliphatic rings. The molecule has 2 heterocycles. The third-order valence-electron chi connectivity index (χ3n) is 5.82. The number of aromatic nitrogens is 2. The summed E-state index contributed by atoms with van der Waals surface area (Å²) in [6.45, 7) is 7.69. The summed E-state index contributed by atoms with van der Waals surface area (Å²) < 4.78 is 5.84. The lowest BCUT2D eigenvalue weighted by atomic mass is 9.58. The lowest BCUT2D eigenvalue weighted by molar-refractivity contribution is -0.209. The van der Waals surface area contributed by atoms with Crippen LogP contribution in [0.4, 0.5) is 0 Å². The molecule has 1 aliphatic carbocycles. The van der Waals surface area contributed by atoms with E-state index in [2.05, 4.69) is 21.8 Å². The molecule has 5 nitrogen and oxygen atoms in total. The summed E-state index contributed by atoms with van der Waals surface area (Å²) >= 11 is 6.30. The van der Waals surface area contributed by atoms with Gasteiger partial charge in [0.25, 0.3) is 0 Å². The van der Waals surface area contributed by atoms with Crippen LogP contribution in [-0.2, 0) is 17.7 Å². The number of unbranched alkanes of at least 4 members (excludes halogenated alkanes) is 1. The van der Waals surface area contributed by atoms with Gasteiger partial charge in [-0.25, -0.2) is 4.98 Å². The third kappa shape index (κ3) is 3.50. The summed E-state index contributed by atoms with van der Waals surface area (Å²) in [5.74, 6) is 0.996. The Morgan fingerprint density at radius 1 is 1.38 bits per heavy atom. The van der Waals surface area contributed by atoms with Crippen LogP contribution in [-0.4, -0.2) is 51.9 Å². The van der Waals surface area contributed by atoms with Crippen LogP contribution in [0.5, 0.6) is 0 Å². The Balaban J connectivity index is 1.55. The van der Waals surface area contributed by atoms with Crippen molar-refractivity contribution >= 4 is 11.6 Å². The van der Waals surface area contributed by atoms with Gasteiger partial charge in [-0.15, -0.1) is 0 Å². The predicted molar refractivity (Wildman–Crippen MR) is 95.2 cm³/mol. The molecule has 1 saturated heterocycles. The Morgan fingerprint density at radius 3 is 2.75 bits per heavy atom. The number of aromatic amines is 1. The lowest BCUT2D eigenvalue weighted by Gasteiger charge is -2.56. The molecule has 0 radical (unpaired) electrons. The number of imidazole rings is 1. The number of aliphatic hydroxyl groups excluding tert-OH is 1. The fourth-order valence-corrected chi connectivity index (χ4v) is 4.38. The predicted octanol–water partition coefficient (Wildman–Crippen LogP) is 3.16. The number of halogens is 1. The zero-order valence-corrected chi connectivity index (χ0v) is 15.6. The van der Waals surface area contributed by atoms with E-state index < -0.39 is 0 Å². The monoisotopic (exact) mass is 355 g/mol. The topological polar surface area (TPSA) is 61.4 Å². The third-order valence-corrected chi connectivity index (χ3v) is 6.14. The molecule has 0 aromatic carbocycles. The number of nitrogens with zero attached hydrogens (tertiary/aromatic N) is 2. The molecular weight excluding hydrogens is 326 g/mol. The molecule has 0 amide bonds. The van der Waals surface area contributed by atoms with Gasteiger partial charge in [0, 0.05) is 31.4 Å². The molecule has 1 aromatic rings. The quantitative estimate of drug-likeness (QED) is 0.788. The fourth-order valence-electron chi connectivity index (χ4n) is 4.17. The van der Waals surface area contributed by atoms with Crippen LogP contribution >= 0.6 is 11.6 Å². The number of piperidine rings is 1. The van der Waals surface area contributed by atoms with Crippen molar-refractivity contribution in [1.29, 1.82) is 0 Å². The number of rotatable bonds is 7. The van der Waals surface area contributed by atoms with Crippen molar-refractivity contribution in [2.24, 2.45) is 5.41 Å². The highest BCUT2D eigenvalue weighted by Crippen LogP contribution is 2.51. The van der Waals surface area contributed by atoms with Gasteiger partial charge in [0.2, 0.25) is 0 Å². The van der Waals surface area contributed by atoms with Gasteiger partial charge in [-0.1, -0.05) is 24.9 Å². The maximum absolute atomic E-state index is 10.3. The van der Waals surface area contributed by atoms with Crippen molar-refractivity contribution in [3.63, 3.8) is 0 Å². The van der Waals surface area contributed by atoms with E-state index in [-0.39, 0.29) is 17.6 Å². The average Bonchev–Trinajstić information content (AvgIpc) is 2.93. The van der Waals surface area contributed by atoms with Gasteiger partial charge in [-0.3, -0.25) is 4.90 Å². The van der Waals surface area contributed by atoms with Crippen LogP contribution in [0.2, 0.25) is 5.15 Å². The second-order valence-corrected chi connectivity index (χ2v) is 7.62. The van der Waals surface area contributed by atoms with E-state index in [0.29, 0.717) is 5.15 Å². The summed E-state index contributed by atoms with van der Waals surface area (Å²) in [7, 11) is 0. The minimum atomic E-state index is -0.201. The van der Waals surface area contributed by atoms with Crippen molar-refractivity contribution in [1.82, 2.24) is 14.9 Å². The van der Waals surface area contributed by atoms with Crippen molar-refractivity contribution in [2.75, 3.05) is 19.7 Å². The normalized spacial score (nSPS) is 26.7. The highest BCUT2D eigenvalue weighted by atomic mass is 35.5. The molecule has 1 aromatic heterocycles. The standard InChI is InChI=1S/C18H30ClN3O2/c1-3-5-6-16-20-13(17(19)21-16)12-22-9-7-18(8-10-22)14(23)11-15(18)24-4-2/h14-15,23H,3-12H2,1-2H3,(H,20,21). The van der Waals surface area contributed by atoms with Gasteiger partial charge in [-0.05, 0) is 39.3 Å². The molecule has 6 heteroatoms. The molecule has 1 saturated carbocycles. The van der Waals surface area contributed by atoms with E-state index in [1.54, 1.807) is 0 Å². The Morgan fingerprint density at radius 2 is 2.12 bits per heavy atom. The molecule has 1 aliphatic heterocycles. The first-order valence-corrected chi connectivity index (χ1v) is 9.72. The van der Waals surface area contributed by atoms with Crippen LogP contribution < -0.4 is 0 Å². The van der Waals surface area contributed by atoms with E-state index in [9.17, 15) is 5.11 Å². The second kappa shape index (κ2) is 7.73. The fraction of sp³-hybridized carbons (Fsp3) is 0.833. The number of H-pyrrole nitrogens is 1. The molecule has 2 fully saturated rings. The molecule has 136 valence electrons. The first-order chi connectivity index (χ1) is 11.6. The van der Waals surface area contributed by atoms with Crippen LogP contribution in [0, 0.1) is 5.41 Å². The minimum absolute atomic E-state index is 0.0173. The number of nitrogens with one attached hydrogen (secondary N) is 1. The smallest absolute Gasteiger partial charge is 0.151 e. The zero-order chi connectivity index (χ0) is 17.2. The molecule has 2 N–H and O–H groups in total. The highest BCUT2D eigenvalue weighted by Gasteiger charge is 2.55. The van der Waals surface area contributed by atoms with Crippen LogP contribution in [0.3, 0.4) is 0 Å². The number of hydrogen-bond donors (Lipinski definition) is 2. The molecular formula is C18H30ClN3O2. The number of aliphatic hydroxyl groups is 1. The largest absolute Gasteiger partial charge is 0.392 e. The highest BCUT2D eigenvalue weighted by molar-refractivity contribution is 6.30. The maximum atomic E-state index is 10.3. The number of likely N-dealkylation sites (tertiary alicyclic amines) is 1. The Kier molecular flexibility index (Phi) is 5.85. The summed E-state index contributed by atoms with van der Waals surface area (Å²) in [6.07, 6.45) is 6.06. The summed E-state index contributed by atoms with van der Waals surface area (Å²) in [6, 6.07) is 0. The molecule has 2 atom stereocenters. The van der Waals surface area contributed by atoms with E-state index >= 15 is 0 Å². The maximum Gasteiger partial charge on any atom is 0.151 e. The van der Waals surface area contributed by atoms with E-state index in [1.165, 1.54) is 0 Å². The lowest BCUT2D eigenvalue weighted by Crippen LogP contribution is -2.62. The molecule has 3 rings (SSSR count). The second-order valence-electron chi connectivity index (χ2n) is 7.26. The summed E-state index contributed by atoms with van der Waals surface area (Å²) in [5.41, 5.74) is 1.01. The van der Waals surface area contributed by atoms with Crippen molar-refractivity contribution in [3.05, 3.63) is 16.7 Å². The van der Waals surface area contributed by atoms with E-state index in [4.69, 9.17) is 16.3 Å². The van der Waals surface area contributed by atoms with Gasteiger partial charge in [0.05, 0.1) is 17.9 Å². The summed E-state index contributed by atoms with van der Waals surface area (Å²) in [4.78, 5) is 10.2. The average molecular weight is 356 g/mol. The van der Waals surface area contributed by atoms with Gasteiger partial charge in [0.1, 0.15) is 5.82 Å². The summed E-state index contributed by atoms with van der Waals surface area (Å²) in [5, 5.41) is 10.9. The van der Waals surface area contributed by atoms with Gasteiger partial charge < -0.3 is 14.8 Å². The SMILES string of the molecule is CCCCc1nc(Cl)c(CN2CCC3(CC2)C(O)CC3OCC)[nH]1. The first kappa shape index (κ1) is 18.2. The molecule has 24 heavy (non-hydrogen) atoms. The zero-order valence-electron chi connectivity index (χ0n) is 14.9. The number of ether oxygens (including phenoxy) is 1. The number of aryl methyl sites for hydroxylation is 1. The van der Waals surface area contributed by atoms with E-state index in [1.807, 2.05) is 6.92 Å². The van der Waals surface area contributed by atoms with Gasteiger partial charge in [-0.2, -0.15) is 0 Å². The molecule has 1 spiro atoms. The Labute approximate surface area is 149 Å². The van der Waals surface area contributed by atoms with Crippen LogP contribution in [0.25, 0.3) is 0 Å². The molecule has 2 unspecified atom stereocenters. The molecule has 0 bridgehead atoms. The van der Waals surface area contributed by atoms with Crippen molar-refractivity contribution in [2.45, 2.75) is 71.1 Å². The van der Waals surface area contributed by atoms with E-state index in [0.717, 1.165) is 76.3 Å². The Bertz CT molecular complexity index is 538. The first-order valence-electron chi connectivity index (χ1n) is 9.34. The number of hydrogen-bond acceptors (Lipinski definition) is 4. The van der Waals surface area contributed by atoms with Crippen molar-refractivity contribution < 1.29 is 9.84 Å². The minimum Gasteiger partial charge on any atom is -0.392 e. The van der Waals surface area contributed by atoms with Crippen molar-refractivity contribution in [3.8, 4) is 0 Å².